The molecule has 1 fully saturated rings. The van der Waals surface area contributed by atoms with Gasteiger partial charge in [0.05, 0.1) is 18.9 Å². The monoisotopic (exact) mass is 351 g/mol. The number of amides is 1. The Labute approximate surface area is 146 Å². The van der Waals surface area contributed by atoms with Crippen molar-refractivity contribution >= 4 is 24.2 Å². The summed E-state index contributed by atoms with van der Waals surface area (Å²) in [5.41, 5.74) is 5.57. The molecule has 0 aromatic carbocycles. The normalized spacial score (nSPS) is 26.6. The summed E-state index contributed by atoms with van der Waals surface area (Å²) in [6.45, 7) is 0.710. The van der Waals surface area contributed by atoms with Gasteiger partial charge >= 0.3 is 5.97 Å². The second kappa shape index (κ2) is 8.28. The van der Waals surface area contributed by atoms with E-state index >= 15 is 0 Å². The van der Waals surface area contributed by atoms with Crippen LogP contribution in [-0.4, -0.2) is 61.2 Å². The van der Waals surface area contributed by atoms with E-state index < -0.39 is 12.2 Å². The molecular weight excluding hydrogens is 326 g/mol. The number of aliphatic imine (C=N–C) groups is 2. The Balaban J connectivity index is 1.35. The number of carbonyl (C=O) groups excluding carboxylic acids is 2. The fourth-order valence-electron chi connectivity index (χ4n) is 3.32. The molecule has 0 aromatic rings. The SMILES string of the molecule is NC1=NC2C(N=CN2COCCOC(=O)C2CCCCCC2)C(=O)N1. The summed E-state index contributed by atoms with van der Waals surface area (Å²) in [5, 5.41) is 2.45. The molecule has 1 amide bonds. The molecular formula is C16H25N5O4. The van der Waals surface area contributed by atoms with Crippen LogP contribution in [0.3, 0.4) is 0 Å². The van der Waals surface area contributed by atoms with Crippen LogP contribution in [0.4, 0.5) is 0 Å². The molecule has 2 unspecified atom stereocenters. The van der Waals surface area contributed by atoms with Gasteiger partial charge in [-0.15, -0.1) is 0 Å². The average molecular weight is 351 g/mol. The summed E-state index contributed by atoms with van der Waals surface area (Å²) in [4.78, 5) is 33.8. The lowest BCUT2D eigenvalue weighted by Crippen LogP contribution is -2.54. The number of ether oxygens (including phenoxy) is 2. The lowest BCUT2D eigenvalue weighted by Gasteiger charge is -2.27. The van der Waals surface area contributed by atoms with Crippen LogP contribution < -0.4 is 11.1 Å². The smallest absolute Gasteiger partial charge is 0.309 e. The minimum atomic E-state index is -0.594. The molecule has 0 radical (unpaired) electrons. The van der Waals surface area contributed by atoms with Gasteiger partial charge in [0.2, 0.25) is 0 Å². The highest BCUT2D eigenvalue weighted by atomic mass is 16.6. The summed E-state index contributed by atoms with van der Waals surface area (Å²) in [6.07, 6.45) is 7.53. The lowest BCUT2D eigenvalue weighted by atomic mass is 10.0. The molecule has 1 aliphatic carbocycles. The molecule has 9 nitrogen and oxygen atoms in total. The van der Waals surface area contributed by atoms with Gasteiger partial charge in [0.25, 0.3) is 5.91 Å². The van der Waals surface area contributed by atoms with Crippen LogP contribution in [0.2, 0.25) is 0 Å². The fourth-order valence-corrected chi connectivity index (χ4v) is 3.32. The second-order valence-corrected chi connectivity index (χ2v) is 6.53. The molecule has 0 spiro atoms. The Morgan fingerprint density at radius 2 is 2.04 bits per heavy atom. The van der Waals surface area contributed by atoms with Crippen molar-refractivity contribution in [2.75, 3.05) is 19.9 Å². The number of hydrogen-bond donors (Lipinski definition) is 2. The number of nitrogens with one attached hydrogen (secondary N) is 1. The van der Waals surface area contributed by atoms with Gasteiger partial charge in [0.1, 0.15) is 13.3 Å². The third-order valence-corrected chi connectivity index (χ3v) is 4.69. The minimum Gasteiger partial charge on any atom is -0.463 e. The molecule has 3 rings (SSSR count). The van der Waals surface area contributed by atoms with E-state index in [0.29, 0.717) is 0 Å². The first-order chi connectivity index (χ1) is 12.1. The molecule has 2 atom stereocenters. The van der Waals surface area contributed by atoms with Gasteiger partial charge < -0.3 is 20.1 Å². The molecule has 3 aliphatic rings. The molecule has 0 bridgehead atoms. The Morgan fingerprint density at radius 3 is 2.80 bits per heavy atom. The third kappa shape index (κ3) is 4.47. The largest absolute Gasteiger partial charge is 0.463 e. The van der Waals surface area contributed by atoms with Gasteiger partial charge in [-0.1, -0.05) is 25.7 Å². The maximum atomic E-state index is 12.0. The number of guanidine groups is 1. The fraction of sp³-hybridized carbons (Fsp3) is 0.750. The molecule has 138 valence electrons. The number of fused-ring (bicyclic) bond motifs is 1. The van der Waals surface area contributed by atoms with Crippen molar-refractivity contribution < 1.29 is 19.1 Å². The zero-order valence-corrected chi connectivity index (χ0v) is 14.2. The first-order valence-corrected chi connectivity index (χ1v) is 8.83. The lowest BCUT2D eigenvalue weighted by molar-refractivity contribution is -0.151. The van der Waals surface area contributed by atoms with Crippen LogP contribution in [0.25, 0.3) is 0 Å². The van der Waals surface area contributed by atoms with E-state index in [1.54, 1.807) is 4.90 Å². The van der Waals surface area contributed by atoms with Crippen LogP contribution in [0.1, 0.15) is 38.5 Å². The number of hydrogen-bond acceptors (Lipinski definition) is 8. The first-order valence-electron chi connectivity index (χ1n) is 8.83. The van der Waals surface area contributed by atoms with Gasteiger partial charge in [-0.25, -0.2) is 4.99 Å². The van der Waals surface area contributed by atoms with Gasteiger partial charge in [-0.3, -0.25) is 19.9 Å². The van der Waals surface area contributed by atoms with E-state index in [2.05, 4.69) is 15.3 Å². The predicted octanol–water partition coefficient (Wildman–Crippen LogP) is -0.0428. The van der Waals surface area contributed by atoms with Crippen molar-refractivity contribution in [1.82, 2.24) is 10.2 Å². The topological polar surface area (TPSA) is 119 Å². The van der Waals surface area contributed by atoms with E-state index in [1.807, 2.05) is 0 Å². The highest BCUT2D eigenvalue weighted by Gasteiger charge is 2.39. The molecule has 1 saturated carbocycles. The average Bonchev–Trinajstić information content (AvgIpc) is 2.81. The van der Waals surface area contributed by atoms with Crippen molar-refractivity contribution in [3.8, 4) is 0 Å². The van der Waals surface area contributed by atoms with E-state index in [4.69, 9.17) is 15.2 Å². The quantitative estimate of drug-likeness (QED) is 0.394. The predicted molar refractivity (Wildman–Crippen MR) is 90.6 cm³/mol. The standard InChI is InChI=1S/C16H25N5O4/c17-16-19-13-12(14(22)20-16)18-9-21(13)10-24-7-8-25-15(23)11-5-3-1-2-4-6-11/h9,11-13H,1-8,10H2,(H3,17,19,20,22). The molecule has 2 aliphatic heterocycles. The van der Waals surface area contributed by atoms with Crippen molar-refractivity contribution in [3.63, 3.8) is 0 Å². The highest BCUT2D eigenvalue weighted by Crippen LogP contribution is 2.23. The molecule has 2 heterocycles. The maximum Gasteiger partial charge on any atom is 0.309 e. The van der Waals surface area contributed by atoms with Crippen LogP contribution in [0.5, 0.6) is 0 Å². The van der Waals surface area contributed by atoms with Crippen LogP contribution in [-0.2, 0) is 19.1 Å². The Bertz CT molecular complexity index is 557. The molecule has 25 heavy (non-hydrogen) atoms. The van der Waals surface area contributed by atoms with E-state index in [9.17, 15) is 9.59 Å². The number of esters is 1. The number of nitrogens with zero attached hydrogens (tertiary/aromatic N) is 3. The third-order valence-electron chi connectivity index (χ3n) is 4.69. The van der Waals surface area contributed by atoms with Crippen LogP contribution >= 0.6 is 0 Å². The summed E-state index contributed by atoms with van der Waals surface area (Å²) in [5.74, 6) is -0.269. The molecule has 0 aromatic heterocycles. The van der Waals surface area contributed by atoms with E-state index in [1.165, 1.54) is 19.2 Å². The molecule has 3 N–H and O–H groups in total. The summed E-state index contributed by atoms with van der Waals surface area (Å²) in [6, 6.07) is -0.594. The zero-order chi connectivity index (χ0) is 17.6. The highest BCUT2D eigenvalue weighted by molar-refractivity contribution is 6.02. The van der Waals surface area contributed by atoms with Crippen LogP contribution in [0, 0.1) is 5.92 Å². The number of nitrogens with two attached hydrogens (primary N) is 1. The zero-order valence-electron chi connectivity index (χ0n) is 14.2. The van der Waals surface area contributed by atoms with Gasteiger partial charge in [0, 0.05) is 0 Å². The Morgan fingerprint density at radius 1 is 1.28 bits per heavy atom. The maximum absolute atomic E-state index is 12.0. The summed E-state index contributed by atoms with van der Waals surface area (Å²) >= 11 is 0. The molecule has 9 heteroatoms. The van der Waals surface area contributed by atoms with Gasteiger partial charge in [-0.05, 0) is 12.8 Å². The Hall–Kier alpha value is -2.16. The number of rotatable bonds is 6. The van der Waals surface area contributed by atoms with Crippen molar-refractivity contribution in [2.45, 2.75) is 50.7 Å². The Kier molecular flexibility index (Phi) is 5.85. The van der Waals surface area contributed by atoms with Gasteiger partial charge in [0.15, 0.2) is 18.2 Å². The van der Waals surface area contributed by atoms with Crippen molar-refractivity contribution in [3.05, 3.63) is 0 Å². The van der Waals surface area contributed by atoms with E-state index in [0.717, 1.165) is 25.7 Å². The van der Waals surface area contributed by atoms with Crippen molar-refractivity contribution in [2.24, 2.45) is 21.6 Å². The van der Waals surface area contributed by atoms with E-state index in [-0.39, 0.29) is 43.7 Å². The first kappa shape index (κ1) is 17.7. The summed E-state index contributed by atoms with van der Waals surface area (Å²) < 4.78 is 10.8. The minimum absolute atomic E-state index is 0.0343. The number of carbonyl (C=O) groups is 2. The van der Waals surface area contributed by atoms with Crippen LogP contribution in [0.15, 0.2) is 9.98 Å². The summed E-state index contributed by atoms with van der Waals surface area (Å²) in [7, 11) is 0. The molecule has 0 saturated heterocycles. The second-order valence-electron chi connectivity index (χ2n) is 6.53. The van der Waals surface area contributed by atoms with Crippen molar-refractivity contribution in [1.29, 1.82) is 0 Å². The van der Waals surface area contributed by atoms with Gasteiger partial charge in [-0.2, -0.15) is 0 Å².